The van der Waals surface area contributed by atoms with Crippen LogP contribution in [0, 0.1) is 0 Å². The van der Waals surface area contributed by atoms with E-state index < -0.39 is 17.9 Å². The van der Waals surface area contributed by atoms with Crippen molar-refractivity contribution in [3.63, 3.8) is 0 Å². The summed E-state index contributed by atoms with van der Waals surface area (Å²) in [5, 5.41) is 18.7. The maximum atomic E-state index is 12.1. The molecule has 4 rings (SSSR count). The number of amides is 1. The average Bonchev–Trinajstić information content (AvgIpc) is 2.77. The van der Waals surface area contributed by atoms with Gasteiger partial charge < -0.3 is 19.9 Å². The van der Waals surface area contributed by atoms with Crippen molar-refractivity contribution in [1.82, 2.24) is 4.98 Å². The van der Waals surface area contributed by atoms with Crippen molar-refractivity contribution < 1.29 is 19.4 Å². The Labute approximate surface area is 192 Å². The molecule has 1 aromatic heterocycles. The highest BCUT2D eigenvalue weighted by atomic mass is 16.6. The molecular weight excluding hydrogens is 418 g/mol. The summed E-state index contributed by atoms with van der Waals surface area (Å²) in [6.07, 6.45) is -1.58. The number of aliphatic hydroxyl groups excluding tert-OH is 1. The Morgan fingerprint density at radius 3 is 2.48 bits per heavy atom. The molecule has 0 aliphatic heterocycles. The van der Waals surface area contributed by atoms with E-state index in [1.165, 1.54) is 0 Å². The van der Waals surface area contributed by atoms with Crippen molar-refractivity contribution in [2.75, 3.05) is 17.7 Å². The molecule has 7 nitrogen and oxygen atoms in total. The molecule has 0 aliphatic carbocycles. The Morgan fingerprint density at radius 2 is 1.73 bits per heavy atom. The van der Waals surface area contributed by atoms with Crippen LogP contribution in [0.1, 0.15) is 32.6 Å². The zero-order valence-electron chi connectivity index (χ0n) is 19.0. The molecule has 0 bridgehead atoms. The minimum absolute atomic E-state index is 0.525. The Kier molecular flexibility index (Phi) is 6.07. The third-order valence-corrected chi connectivity index (χ3v) is 5.02. The number of aromatic nitrogens is 1. The van der Waals surface area contributed by atoms with E-state index in [0.29, 0.717) is 17.0 Å². The first-order chi connectivity index (χ1) is 15.7. The summed E-state index contributed by atoms with van der Waals surface area (Å²) in [5.74, 6) is 0.706. The lowest BCUT2D eigenvalue weighted by Gasteiger charge is -2.21. The smallest absolute Gasteiger partial charge is 0.412 e. The van der Waals surface area contributed by atoms with Crippen LogP contribution in [0.3, 0.4) is 0 Å². The van der Waals surface area contributed by atoms with Crippen LogP contribution >= 0.6 is 0 Å². The summed E-state index contributed by atoms with van der Waals surface area (Å²) >= 11 is 0. The van der Waals surface area contributed by atoms with Gasteiger partial charge in [-0.1, -0.05) is 30.3 Å². The number of methoxy groups -OCH3 is 1. The minimum atomic E-state index is -1.03. The predicted octanol–water partition coefficient (Wildman–Crippen LogP) is 5.85. The quantitative estimate of drug-likeness (QED) is 0.264. The Morgan fingerprint density at radius 1 is 0.970 bits per heavy atom. The SMILES string of the molecule is COc1ccc2c(NC(O)c3cccc(NC(=O)OC(C)(C)C)c3)c3ccccc3nc2c1. The average molecular weight is 446 g/mol. The molecule has 1 atom stereocenters. The maximum absolute atomic E-state index is 12.1. The first-order valence-electron chi connectivity index (χ1n) is 10.6. The fraction of sp³-hybridized carbons (Fsp3) is 0.231. The summed E-state index contributed by atoms with van der Waals surface area (Å²) < 4.78 is 10.7. The van der Waals surface area contributed by atoms with Gasteiger partial charge in [0.25, 0.3) is 0 Å². The number of ether oxygens (including phenoxy) is 2. The zero-order chi connectivity index (χ0) is 23.6. The van der Waals surface area contributed by atoms with Crippen LogP contribution in [-0.2, 0) is 4.74 Å². The molecule has 1 heterocycles. The Balaban J connectivity index is 1.66. The highest BCUT2D eigenvalue weighted by Gasteiger charge is 2.18. The highest BCUT2D eigenvalue weighted by Crippen LogP contribution is 2.34. The fourth-order valence-corrected chi connectivity index (χ4v) is 3.58. The van der Waals surface area contributed by atoms with Gasteiger partial charge in [-0.05, 0) is 51.1 Å². The molecule has 0 saturated carbocycles. The van der Waals surface area contributed by atoms with E-state index in [0.717, 1.165) is 27.5 Å². The predicted molar refractivity (Wildman–Crippen MR) is 131 cm³/mol. The van der Waals surface area contributed by atoms with Crippen LogP contribution in [0.15, 0.2) is 66.7 Å². The van der Waals surface area contributed by atoms with Gasteiger partial charge in [-0.25, -0.2) is 9.78 Å². The van der Waals surface area contributed by atoms with Crippen LogP contribution in [0.5, 0.6) is 5.75 Å². The van der Waals surface area contributed by atoms with Gasteiger partial charge in [0.05, 0.1) is 23.8 Å². The van der Waals surface area contributed by atoms with Crippen LogP contribution in [0.2, 0.25) is 0 Å². The highest BCUT2D eigenvalue weighted by molar-refractivity contribution is 6.07. The lowest BCUT2D eigenvalue weighted by molar-refractivity contribution is 0.0636. The number of anilines is 2. The molecule has 1 unspecified atom stereocenters. The number of nitrogens with one attached hydrogen (secondary N) is 2. The number of hydrogen-bond donors (Lipinski definition) is 3. The number of benzene rings is 3. The molecule has 0 saturated heterocycles. The number of rotatable bonds is 5. The van der Waals surface area contributed by atoms with Gasteiger partial charge in [-0.2, -0.15) is 0 Å². The third-order valence-electron chi connectivity index (χ3n) is 5.02. The van der Waals surface area contributed by atoms with Crippen LogP contribution < -0.4 is 15.4 Å². The van der Waals surface area contributed by atoms with Crippen molar-refractivity contribution in [2.24, 2.45) is 0 Å². The van der Waals surface area contributed by atoms with E-state index in [9.17, 15) is 9.90 Å². The van der Waals surface area contributed by atoms with Crippen molar-refractivity contribution in [3.8, 4) is 5.75 Å². The first kappa shape index (κ1) is 22.4. The zero-order valence-corrected chi connectivity index (χ0v) is 19.0. The number of carbonyl (C=O) groups excluding carboxylic acids is 1. The van der Waals surface area contributed by atoms with Gasteiger partial charge in [-0.3, -0.25) is 5.32 Å². The van der Waals surface area contributed by atoms with Crippen LogP contribution in [0.25, 0.3) is 21.8 Å². The second-order valence-electron chi connectivity index (χ2n) is 8.69. The van der Waals surface area contributed by atoms with E-state index in [4.69, 9.17) is 14.5 Å². The summed E-state index contributed by atoms with van der Waals surface area (Å²) in [7, 11) is 1.61. The molecule has 0 fully saturated rings. The van der Waals surface area contributed by atoms with Crippen molar-refractivity contribution >= 4 is 39.3 Å². The molecule has 4 aromatic rings. The van der Waals surface area contributed by atoms with Gasteiger partial charge in [0, 0.05) is 28.1 Å². The third kappa shape index (κ3) is 5.15. The number of para-hydroxylation sites is 1. The van der Waals surface area contributed by atoms with Crippen molar-refractivity contribution in [1.29, 1.82) is 0 Å². The molecule has 3 aromatic carbocycles. The molecule has 1 amide bonds. The molecule has 0 aliphatic rings. The van der Waals surface area contributed by atoms with E-state index >= 15 is 0 Å². The monoisotopic (exact) mass is 445 g/mol. The number of fused-ring (bicyclic) bond motifs is 2. The molecule has 170 valence electrons. The molecular formula is C26H27N3O4. The molecule has 0 radical (unpaired) electrons. The molecule has 33 heavy (non-hydrogen) atoms. The summed E-state index contributed by atoms with van der Waals surface area (Å²) in [4.78, 5) is 16.9. The van der Waals surface area contributed by atoms with E-state index in [-0.39, 0.29) is 0 Å². The number of hydrogen-bond acceptors (Lipinski definition) is 6. The summed E-state index contributed by atoms with van der Waals surface area (Å²) in [6, 6.07) is 20.4. The largest absolute Gasteiger partial charge is 0.497 e. The van der Waals surface area contributed by atoms with Crippen LogP contribution in [0.4, 0.5) is 16.2 Å². The molecule has 3 N–H and O–H groups in total. The fourth-order valence-electron chi connectivity index (χ4n) is 3.58. The number of carbonyl (C=O) groups is 1. The number of pyridine rings is 1. The van der Waals surface area contributed by atoms with Crippen molar-refractivity contribution in [2.45, 2.75) is 32.6 Å². The first-order valence-corrected chi connectivity index (χ1v) is 10.6. The number of aliphatic hydroxyl groups is 1. The van der Waals surface area contributed by atoms with Gasteiger partial charge in [0.1, 0.15) is 11.4 Å². The minimum Gasteiger partial charge on any atom is -0.497 e. The van der Waals surface area contributed by atoms with Gasteiger partial charge in [0.2, 0.25) is 0 Å². The van der Waals surface area contributed by atoms with E-state index in [1.807, 2.05) is 42.5 Å². The standard InChI is InChI=1S/C26H27N3O4/c1-26(2,3)33-25(31)27-17-9-7-8-16(14-17)24(30)29-23-19-10-5-6-11-21(19)28-22-15-18(32-4)12-13-20(22)23/h5-15,24,30H,1-4H3,(H,27,31)(H,28,29). The van der Waals surface area contributed by atoms with Gasteiger partial charge >= 0.3 is 6.09 Å². The second-order valence-corrected chi connectivity index (χ2v) is 8.69. The van der Waals surface area contributed by atoms with Gasteiger partial charge in [0.15, 0.2) is 6.23 Å². The molecule has 7 heteroatoms. The van der Waals surface area contributed by atoms with Crippen LogP contribution in [-0.4, -0.2) is 28.9 Å². The van der Waals surface area contributed by atoms with E-state index in [1.54, 1.807) is 52.1 Å². The van der Waals surface area contributed by atoms with Gasteiger partial charge in [-0.15, -0.1) is 0 Å². The lowest BCUT2D eigenvalue weighted by atomic mass is 10.1. The Hall–Kier alpha value is -3.84. The summed E-state index contributed by atoms with van der Waals surface area (Å²) in [5.41, 5.74) is 2.82. The van der Waals surface area contributed by atoms with E-state index in [2.05, 4.69) is 10.6 Å². The Bertz CT molecular complexity index is 1310. The topological polar surface area (TPSA) is 92.7 Å². The maximum Gasteiger partial charge on any atom is 0.412 e. The lowest BCUT2D eigenvalue weighted by Crippen LogP contribution is -2.27. The second kappa shape index (κ2) is 8.96. The molecule has 0 spiro atoms. The summed E-state index contributed by atoms with van der Waals surface area (Å²) in [6.45, 7) is 5.40. The number of nitrogens with zero attached hydrogens (tertiary/aromatic N) is 1. The van der Waals surface area contributed by atoms with Crippen molar-refractivity contribution in [3.05, 3.63) is 72.3 Å². The normalized spacial score (nSPS) is 12.4.